The monoisotopic (exact) mass is 392 g/mol. The van der Waals surface area contributed by atoms with E-state index in [-0.39, 0.29) is 23.6 Å². The SMILES string of the molecule is COc1ccc(/C=C(/NC(=O)c2ccc(C)cc2)C(=O)NC2CCCCC2)cc1. The molecule has 0 unspecified atom stereocenters. The van der Waals surface area contributed by atoms with E-state index in [0.717, 1.165) is 42.6 Å². The van der Waals surface area contributed by atoms with E-state index in [4.69, 9.17) is 4.74 Å². The maximum Gasteiger partial charge on any atom is 0.268 e. The lowest BCUT2D eigenvalue weighted by Gasteiger charge is -2.23. The van der Waals surface area contributed by atoms with Gasteiger partial charge >= 0.3 is 0 Å². The molecule has 0 radical (unpaired) electrons. The molecule has 0 atom stereocenters. The zero-order chi connectivity index (χ0) is 20.6. The van der Waals surface area contributed by atoms with Gasteiger partial charge in [-0.2, -0.15) is 0 Å². The number of rotatable bonds is 6. The molecule has 152 valence electrons. The molecule has 1 aliphatic carbocycles. The Kier molecular flexibility index (Phi) is 7.06. The van der Waals surface area contributed by atoms with Gasteiger partial charge in [0.15, 0.2) is 0 Å². The maximum atomic E-state index is 12.9. The summed E-state index contributed by atoms with van der Waals surface area (Å²) >= 11 is 0. The van der Waals surface area contributed by atoms with Crippen LogP contribution in [0.1, 0.15) is 53.6 Å². The van der Waals surface area contributed by atoms with Crippen LogP contribution in [0.4, 0.5) is 0 Å². The maximum absolute atomic E-state index is 12.9. The Balaban J connectivity index is 1.80. The molecule has 5 nitrogen and oxygen atoms in total. The number of carbonyl (C=O) groups is 2. The summed E-state index contributed by atoms with van der Waals surface area (Å²) in [6.07, 6.45) is 7.12. The molecule has 5 heteroatoms. The average Bonchev–Trinajstić information content (AvgIpc) is 2.75. The van der Waals surface area contributed by atoms with E-state index in [9.17, 15) is 9.59 Å². The minimum atomic E-state index is -0.302. The van der Waals surface area contributed by atoms with Gasteiger partial charge in [0.2, 0.25) is 0 Å². The third-order valence-electron chi connectivity index (χ3n) is 5.17. The van der Waals surface area contributed by atoms with E-state index in [1.54, 1.807) is 25.3 Å². The summed E-state index contributed by atoms with van der Waals surface area (Å²) in [5, 5.41) is 5.88. The molecule has 0 saturated heterocycles. The first-order chi connectivity index (χ1) is 14.0. The highest BCUT2D eigenvalue weighted by molar-refractivity contribution is 6.05. The topological polar surface area (TPSA) is 67.4 Å². The Labute approximate surface area is 172 Å². The van der Waals surface area contributed by atoms with E-state index in [1.165, 1.54) is 6.42 Å². The Morgan fingerprint density at radius 3 is 2.24 bits per heavy atom. The molecule has 29 heavy (non-hydrogen) atoms. The number of aryl methyl sites for hydroxylation is 1. The van der Waals surface area contributed by atoms with E-state index in [2.05, 4.69) is 10.6 Å². The predicted octanol–water partition coefficient (Wildman–Crippen LogP) is 4.22. The molecular formula is C24H28N2O3. The summed E-state index contributed by atoms with van der Waals surface area (Å²) in [4.78, 5) is 25.6. The minimum absolute atomic E-state index is 0.159. The van der Waals surface area contributed by atoms with Gasteiger partial charge in [0, 0.05) is 11.6 Å². The zero-order valence-corrected chi connectivity index (χ0v) is 17.0. The summed E-state index contributed by atoms with van der Waals surface area (Å²) < 4.78 is 5.18. The summed E-state index contributed by atoms with van der Waals surface area (Å²) in [5.41, 5.74) is 2.64. The van der Waals surface area contributed by atoms with Crippen molar-refractivity contribution in [3.05, 3.63) is 70.9 Å². The first kappa shape index (κ1) is 20.6. The van der Waals surface area contributed by atoms with Crippen molar-refractivity contribution in [1.29, 1.82) is 0 Å². The fraction of sp³-hybridized carbons (Fsp3) is 0.333. The molecule has 2 amide bonds. The van der Waals surface area contributed by atoms with Crippen molar-refractivity contribution < 1.29 is 14.3 Å². The molecule has 0 bridgehead atoms. The van der Waals surface area contributed by atoms with Crippen molar-refractivity contribution in [3.63, 3.8) is 0 Å². The predicted molar refractivity (Wildman–Crippen MR) is 115 cm³/mol. The molecule has 0 spiro atoms. The van der Waals surface area contributed by atoms with Crippen LogP contribution in [-0.4, -0.2) is 25.0 Å². The largest absolute Gasteiger partial charge is 0.497 e. The van der Waals surface area contributed by atoms with Crippen LogP contribution in [0.2, 0.25) is 0 Å². The molecule has 2 aromatic rings. The highest BCUT2D eigenvalue weighted by Crippen LogP contribution is 2.18. The van der Waals surface area contributed by atoms with Crippen LogP contribution in [0.25, 0.3) is 6.08 Å². The highest BCUT2D eigenvalue weighted by Gasteiger charge is 2.20. The van der Waals surface area contributed by atoms with Crippen molar-refractivity contribution >= 4 is 17.9 Å². The lowest BCUT2D eigenvalue weighted by Crippen LogP contribution is -2.41. The number of nitrogens with one attached hydrogen (secondary N) is 2. The van der Waals surface area contributed by atoms with Gasteiger partial charge in [-0.15, -0.1) is 0 Å². The number of methoxy groups -OCH3 is 1. The Hall–Kier alpha value is -3.08. The second-order valence-corrected chi connectivity index (χ2v) is 7.46. The fourth-order valence-corrected chi connectivity index (χ4v) is 3.43. The van der Waals surface area contributed by atoms with E-state index in [1.807, 2.05) is 43.3 Å². The average molecular weight is 392 g/mol. The molecule has 0 aliphatic heterocycles. The molecule has 0 aromatic heterocycles. The van der Waals surface area contributed by atoms with E-state index in [0.29, 0.717) is 5.56 Å². The second kappa shape index (κ2) is 9.92. The van der Waals surface area contributed by atoms with Gasteiger partial charge < -0.3 is 15.4 Å². The number of ether oxygens (including phenoxy) is 1. The quantitative estimate of drug-likeness (QED) is 0.723. The first-order valence-corrected chi connectivity index (χ1v) is 10.1. The van der Waals surface area contributed by atoms with Gasteiger partial charge in [-0.05, 0) is 55.7 Å². The van der Waals surface area contributed by atoms with Gasteiger partial charge in [0.1, 0.15) is 11.4 Å². The van der Waals surface area contributed by atoms with Crippen molar-refractivity contribution in [2.45, 2.75) is 45.1 Å². The van der Waals surface area contributed by atoms with Gasteiger partial charge in [-0.3, -0.25) is 9.59 Å². The molecule has 1 fully saturated rings. The van der Waals surface area contributed by atoms with Crippen LogP contribution >= 0.6 is 0 Å². The number of benzene rings is 2. The van der Waals surface area contributed by atoms with E-state index >= 15 is 0 Å². The fourth-order valence-electron chi connectivity index (χ4n) is 3.43. The van der Waals surface area contributed by atoms with Gasteiger partial charge in [0.05, 0.1) is 7.11 Å². The molecule has 2 N–H and O–H groups in total. The standard InChI is InChI=1S/C24H28N2O3/c1-17-8-12-19(13-9-17)23(27)26-22(16-18-10-14-21(29-2)15-11-18)24(28)25-20-6-4-3-5-7-20/h8-16,20H,3-7H2,1-2H3,(H,25,28)(H,26,27)/b22-16+. The minimum Gasteiger partial charge on any atom is -0.497 e. The Morgan fingerprint density at radius 1 is 0.966 bits per heavy atom. The molecule has 1 aliphatic rings. The number of amides is 2. The number of carbonyl (C=O) groups excluding carboxylic acids is 2. The molecule has 2 aromatic carbocycles. The smallest absolute Gasteiger partial charge is 0.268 e. The summed E-state index contributed by atoms with van der Waals surface area (Å²) in [5.74, 6) is 0.177. The van der Waals surface area contributed by atoms with Crippen LogP contribution in [-0.2, 0) is 4.79 Å². The van der Waals surface area contributed by atoms with Gasteiger partial charge in [0.25, 0.3) is 11.8 Å². The van der Waals surface area contributed by atoms with Crippen LogP contribution in [0.5, 0.6) is 5.75 Å². The molecule has 1 saturated carbocycles. The van der Waals surface area contributed by atoms with Gasteiger partial charge in [-0.1, -0.05) is 49.1 Å². The van der Waals surface area contributed by atoms with Crippen molar-refractivity contribution in [2.24, 2.45) is 0 Å². The lowest BCUT2D eigenvalue weighted by molar-refractivity contribution is -0.118. The molecule has 3 rings (SSSR count). The normalized spacial score (nSPS) is 14.9. The van der Waals surface area contributed by atoms with Crippen LogP contribution in [0.15, 0.2) is 54.2 Å². The number of hydrogen-bond acceptors (Lipinski definition) is 3. The van der Waals surface area contributed by atoms with Gasteiger partial charge in [-0.25, -0.2) is 0 Å². The number of hydrogen-bond donors (Lipinski definition) is 2. The molecule has 0 heterocycles. The lowest BCUT2D eigenvalue weighted by atomic mass is 9.95. The van der Waals surface area contributed by atoms with Crippen molar-refractivity contribution in [2.75, 3.05) is 7.11 Å². The van der Waals surface area contributed by atoms with Crippen LogP contribution in [0, 0.1) is 6.92 Å². The summed E-state index contributed by atoms with van der Waals surface area (Å²) in [6.45, 7) is 1.97. The third-order valence-corrected chi connectivity index (χ3v) is 5.17. The summed E-state index contributed by atoms with van der Waals surface area (Å²) in [7, 11) is 1.61. The Morgan fingerprint density at radius 2 is 1.62 bits per heavy atom. The third kappa shape index (κ3) is 5.95. The van der Waals surface area contributed by atoms with Crippen molar-refractivity contribution in [1.82, 2.24) is 10.6 Å². The second-order valence-electron chi connectivity index (χ2n) is 7.46. The highest BCUT2D eigenvalue weighted by atomic mass is 16.5. The summed E-state index contributed by atoms with van der Waals surface area (Å²) in [6, 6.07) is 14.8. The van der Waals surface area contributed by atoms with E-state index < -0.39 is 0 Å². The van der Waals surface area contributed by atoms with Crippen LogP contribution < -0.4 is 15.4 Å². The van der Waals surface area contributed by atoms with Crippen LogP contribution in [0.3, 0.4) is 0 Å². The first-order valence-electron chi connectivity index (χ1n) is 10.1. The molecular weight excluding hydrogens is 364 g/mol. The van der Waals surface area contributed by atoms with Crippen molar-refractivity contribution in [3.8, 4) is 5.75 Å². The Bertz CT molecular complexity index is 864. The zero-order valence-electron chi connectivity index (χ0n) is 17.0.